The molecule has 0 spiro atoms. The maximum atomic E-state index is 11.6. The molecule has 0 aliphatic heterocycles. The summed E-state index contributed by atoms with van der Waals surface area (Å²) in [5.74, 6) is 0.573. The van der Waals surface area contributed by atoms with E-state index in [1.165, 1.54) is 0 Å². The van der Waals surface area contributed by atoms with E-state index in [1.54, 1.807) is 12.3 Å². The van der Waals surface area contributed by atoms with Crippen molar-refractivity contribution in [1.29, 1.82) is 0 Å². The van der Waals surface area contributed by atoms with Gasteiger partial charge < -0.3 is 4.57 Å². The lowest BCUT2D eigenvalue weighted by molar-refractivity contribution is 0.523. The van der Waals surface area contributed by atoms with Crippen LogP contribution in [0.5, 0.6) is 0 Å². The summed E-state index contributed by atoms with van der Waals surface area (Å²) in [5.41, 5.74) is 0.919. The van der Waals surface area contributed by atoms with Gasteiger partial charge in [-0.2, -0.15) is 0 Å². The van der Waals surface area contributed by atoms with Gasteiger partial charge in [-0.05, 0) is 18.4 Å². The van der Waals surface area contributed by atoms with Crippen LogP contribution in [0.3, 0.4) is 0 Å². The Morgan fingerprint density at radius 3 is 2.56 bits per heavy atom. The number of fused-ring (bicyclic) bond motifs is 1. The van der Waals surface area contributed by atoms with Crippen LogP contribution in [-0.2, 0) is 16.6 Å². The van der Waals surface area contributed by atoms with Crippen molar-refractivity contribution < 1.29 is 8.42 Å². The summed E-state index contributed by atoms with van der Waals surface area (Å²) >= 11 is 0. The smallest absolute Gasteiger partial charge is 0.240 e. The second-order valence-corrected chi connectivity index (χ2v) is 6.46. The number of aryl methyl sites for hydroxylation is 1. The molecule has 0 aliphatic carbocycles. The van der Waals surface area contributed by atoms with E-state index in [0.29, 0.717) is 11.3 Å². The third-order valence-electron chi connectivity index (χ3n) is 3.01. The van der Waals surface area contributed by atoms with E-state index in [9.17, 15) is 8.42 Å². The minimum Gasteiger partial charge on any atom is -0.346 e. The third-order valence-corrected chi connectivity index (χ3v) is 3.94. The minimum absolute atomic E-state index is 0.210. The quantitative estimate of drug-likeness (QED) is 0.923. The molecule has 2 aromatic rings. The molecule has 0 saturated carbocycles. The molecule has 0 amide bonds. The van der Waals surface area contributed by atoms with Crippen LogP contribution in [0.25, 0.3) is 10.9 Å². The summed E-state index contributed by atoms with van der Waals surface area (Å²) in [6.07, 6.45) is 2.64. The topological polar surface area (TPSA) is 65.1 Å². The first-order chi connectivity index (χ1) is 8.39. The number of primary sulfonamides is 1. The first-order valence-corrected chi connectivity index (χ1v) is 7.55. The van der Waals surface area contributed by atoms with Crippen LogP contribution in [0.4, 0.5) is 0 Å². The number of para-hydroxylation sites is 1. The maximum Gasteiger partial charge on any atom is 0.240 e. The Hall–Kier alpha value is -1.33. The number of rotatable bonds is 4. The number of benzene rings is 1. The average molecular weight is 266 g/mol. The van der Waals surface area contributed by atoms with E-state index >= 15 is 0 Å². The average Bonchev–Trinajstić information content (AvgIpc) is 2.65. The Bertz CT molecular complexity index is 657. The van der Waals surface area contributed by atoms with E-state index in [2.05, 4.69) is 13.8 Å². The van der Waals surface area contributed by atoms with Crippen molar-refractivity contribution >= 4 is 20.9 Å². The molecule has 4 nitrogen and oxygen atoms in total. The molecule has 1 aromatic carbocycles. The Kier molecular flexibility index (Phi) is 3.45. The number of aromatic nitrogens is 1. The van der Waals surface area contributed by atoms with Gasteiger partial charge in [0.2, 0.25) is 10.0 Å². The lowest BCUT2D eigenvalue weighted by Crippen LogP contribution is -2.11. The van der Waals surface area contributed by atoms with E-state index in [1.807, 2.05) is 22.8 Å². The predicted molar refractivity (Wildman–Crippen MR) is 72.8 cm³/mol. The first-order valence-electron chi connectivity index (χ1n) is 6.00. The van der Waals surface area contributed by atoms with Crippen LogP contribution in [0.1, 0.15) is 20.3 Å². The van der Waals surface area contributed by atoms with Gasteiger partial charge in [-0.25, -0.2) is 13.6 Å². The molecule has 18 heavy (non-hydrogen) atoms. The normalized spacial score (nSPS) is 12.4. The number of nitrogens with two attached hydrogens (primary N) is 1. The number of hydrogen-bond acceptors (Lipinski definition) is 2. The standard InChI is InChI=1S/C13H18N2O2S/c1-10(2)7-8-15-9-13(18(14,16)17)11-5-3-4-6-12(11)15/h3-6,9-10H,7-8H2,1-2H3,(H2,14,16,17). The lowest BCUT2D eigenvalue weighted by Gasteiger charge is -2.07. The highest BCUT2D eigenvalue weighted by atomic mass is 32.2. The first kappa shape index (κ1) is 13.1. The van der Waals surface area contributed by atoms with Crippen LogP contribution in [0.15, 0.2) is 35.4 Å². The Morgan fingerprint density at radius 2 is 1.94 bits per heavy atom. The molecule has 2 N–H and O–H groups in total. The van der Waals surface area contributed by atoms with Gasteiger partial charge in [0.15, 0.2) is 0 Å². The molecule has 2 rings (SSSR count). The van der Waals surface area contributed by atoms with Gasteiger partial charge in [0, 0.05) is 23.6 Å². The Morgan fingerprint density at radius 1 is 1.28 bits per heavy atom. The van der Waals surface area contributed by atoms with Gasteiger partial charge in [0.1, 0.15) is 4.90 Å². The summed E-state index contributed by atoms with van der Waals surface area (Å²) in [4.78, 5) is 0.210. The fraction of sp³-hybridized carbons (Fsp3) is 0.385. The molecular weight excluding hydrogens is 248 g/mol. The van der Waals surface area contributed by atoms with E-state index < -0.39 is 10.0 Å². The molecular formula is C13H18N2O2S. The van der Waals surface area contributed by atoms with Crippen molar-refractivity contribution in [3.63, 3.8) is 0 Å². The zero-order valence-corrected chi connectivity index (χ0v) is 11.4. The molecule has 1 heterocycles. The van der Waals surface area contributed by atoms with Crippen LogP contribution in [0.2, 0.25) is 0 Å². The van der Waals surface area contributed by atoms with Gasteiger partial charge in [-0.1, -0.05) is 32.0 Å². The third kappa shape index (κ3) is 2.57. The second kappa shape index (κ2) is 4.74. The molecule has 0 unspecified atom stereocenters. The summed E-state index contributed by atoms with van der Waals surface area (Å²) in [6.45, 7) is 5.09. The van der Waals surface area contributed by atoms with Crippen LogP contribution < -0.4 is 5.14 Å². The lowest BCUT2D eigenvalue weighted by atomic mass is 10.1. The van der Waals surface area contributed by atoms with E-state index in [4.69, 9.17) is 5.14 Å². The zero-order chi connectivity index (χ0) is 13.3. The SMILES string of the molecule is CC(C)CCn1cc(S(N)(=O)=O)c2ccccc21. The zero-order valence-electron chi connectivity index (χ0n) is 10.6. The van der Waals surface area contributed by atoms with Crippen LogP contribution >= 0.6 is 0 Å². The van der Waals surface area contributed by atoms with Crippen LogP contribution in [-0.4, -0.2) is 13.0 Å². The summed E-state index contributed by atoms with van der Waals surface area (Å²) in [5, 5.41) is 5.95. The van der Waals surface area contributed by atoms with Gasteiger partial charge in [0.25, 0.3) is 0 Å². The Labute approximate surface area is 107 Å². The number of hydrogen-bond donors (Lipinski definition) is 1. The predicted octanol–water partition coefficient (Wildman–Crippen LogP) is 2.33. The van der Waals surface area contributed by atoms with Crippen molar-refractivity contribution in [3.05, 3.63) is 30.5 Å². The maximum absolute atomic E-state index is 11.6. The fourth-order valence-corrected chi connectivity index (χ4v) is 2.78. The monoisotopic (exact) mass is 266 g/mol. The fourth-order valence-electron chi connectivity index (χ4n) is 2.02. The summed E-state index contributed by atoms with van der Waals surface area (Å²) < 4.78 is 25.1. The molecule has 0 aliphatic rings. The van der Waals surface area contributed by atoms with Gasteiger partial charge in [0.05, 0.1) is 0 Å². The minimum atomic E-state index is -3.67. The van der Waals surface area contributed by atoms with Crippen LogP contribution in [0, 0.1) is 5.92 Å². The highest BCUT2D eigenvalue weighted by Gasteiger charge is 2.16. The highest BCUT2D eigenvalue weighted by molar-refractivity contribution is 7.89. The molecule has 0 atom stereocenters. The van der Waals surface area contributed by atoms with Gasteiger partial charge in [-0.15, -0.1) is 0 Å². The van der Waals surface area contributed by atoms with Crippen molar-refractivity contribution in [2.75, 3.05) is 0 Å². The molecule has 1 aromatic heterocycles. The van der Waals surface area contributed by atoms with Crippen molar-refractivity contribution in [2.45, 2.75) is 31.7 Å². The Balaban J connectivity index is 2.55. The largest absolute Gasteiger partial charge is 0.346 e. The second-order valence-electron chi connectivity index (χ2n) is 4.93. The molecule has 0 bridgehead atoms. The summed E-state index contributed by atoms with van der Waals surface area (Å²) in [6, 6.07) is 7.44. The summed E-state index contributed by atoms with van der Waals surface area (Å²) in [7, 11) is -3.67. The molecule has 5 heteroatoms. The molecule has 0 fully saturated rings. The highest BCUT2D eigenvalue weighted by Crippen LogP contribution is 2.25. The van der Waals surface area contributed by atoms with Crippen molar-refractivity contribution in [2.24, 2.45) is 11.1 Å². The van der Waals surface area contributed by atoms with Gasteiger partial charge in [-0.3, -0.25) is 0 Å². The van der Waals surface area contributed by atoms with E-state index in [-0.39, 0.29) is 4.90 Å². The molecule has 0 radical (unpaired) electrons. The number of sulfonamides is 1. The van der Waals surface area contributed by atoms with Crippen molar-refractivity contribution in [1.82, 2.24) is 4.57 Å². The van der Waals surface area contributed by atoms with E-state index in [0.717, 1.165) is 18.5 Å². The van der Waals surface area contributed by atoms with Crippen molar-refractivity contribution in [3.8, 4) is 0 Å². The van der Waals surface area contributed by atoms with Gasteiger partial charge >= 0.3 is 0 Å². The molecule has 98 valence electrons. The number of nitrogens with zero attached hydrogens (tertiary/aromatic N) is 1. The molecule has 0 saturated heterocycles.